The van der Waals surface area contributed by atoms with Crippen LogP contribution in [0.5, 0.6) is 23.0 Å². The van der Waals surface area contributed by atoms with Gasteiger partial charge in [-0.05, 0) is 30.7 Å². The number of nitrogens with zero attached hydrogens (tertiary/aromatic N) is 1. The van der Waals surface area contributed by atoms with Gasteiger partial charge in [-0.1, -0.05) is 71.1 Å². The number of anilines is 1. The zero-order valence-electron chi connectivity index (χ0n) is 24.8. The van der Waals surface area contributed by atoms with E-state index >= 15 is 0 Å². The molecule has 0 aliphatic carbocycles. The second kappa shape index (κ2) is 18.1. The van der Waals surface area contributed by atoms with E-state index in [1.54, 1.807) is 31.5 Å². The minimum Gasteiger partial charge on any atom is -0.493 e. The summed E-state index contributed by atoms with van der Waals surface area (Å²) in [7, 11) is 3.07. The molecular formula is C32H42FN3O5S. The zero-order valence-corrected chi connectivity index (χ0v) is 25.6. The van der Waals surface area contributed by atoms with Gasteiger partial charge in [-0.2, -0.15) is 0 Å². The van der Waals surface area contributed by atoms with Crippen molar-refractivity contribution in [2.75, 3.05) is 19.5 Å². The molecule has 10 heteroatoms. The largest absolute Gasteiger partial charge is 0.493 e. The number of benzene rings is 2. The molecule has 3 rings (SSSR count). The number of methoxy groups -OCH3 is 2. The van der Waals surface area contributed by atoms with Crippen molar-refractivity contribution in [1.82, 2.24) is 9.71 Å². The third-order valence-corrected chi connectivity index (χ3v) is 7.58. The van der Waals surface area contributed by atoms with Gasteiger partial charge in [0.15, 0.2) is 11.5 Å². The Morgan fingerprint density at radius 3 is 2.12 bits per heavy atom. The van der Waals surface area contributed by atoms with Crippen LogP contribution in [-0.2, 0) is 4.79 Å². The molecule has 228 valence electrons. The van der Waals surface area contributed by atoms with Gasteiger partial charge in [0.1, 0.15) is 17.3 Å². The summed E-state index contributed by atoms with van der Waals surface area (Å²) in [5, 5.41) is 2.97. The molecule has 2 amide bonds. The molecule has 0 saturated carbocycles. The van der Waals surface area contributed by atoms with Crippen LogP contribution < -0.4 is 24.2 Å². The standard InChI is InChI=1S/C32H42FN3O5S/c1-4-5-6-7-8-9-10-11-12-13-14-15-31(37)42-36-32(38)35-26-17-16-23(20-25(26)33)41-28-18-19-34-27-22-30(40-3)29(39-2)21-24(27)28/h16-22H,4-15H2,1-3H3,(H2,35,36,38). The van der Waals surface area contributed by atoms with E-state index < -0.39 is 11.8 Å². The van der Waals surface area contributed by atoms with Gasteiger partial charge < -0.3 is 19.5 Å². The second-order valence-electron chi connectivity index (χ2n) is 10.1. The van der Waals surface area contributed by atoms with Crippen molar-refractivity contribution < 1.29 is 28.2 Å². The summed E-state index contributed by atoms with van der Waals surface area (Å²) in [6, 6.07) is 8.56. The van der Waals surface area contributed by atoms with E-state index in [2.05, 4.69) is 21.9 Å². The maximum Gasteiger partial charge on any atom is 0.329 e. The van der Waals surface area contributed by atoms with E-state index in [0.29, 0.717) is 34.6 Å². The van der Waals surface area contributed by atoms with Crippen molar-refractivity contribution >= 4 is 39.7 Å². The van der Waals surface area contributed by atoms with E-state index in [-0.39, 0.29) is 16.6 Å². The lowest BCUT2D eigenvalue weighted by Gasteiger charge is -2.13. The van der Waals surface area contributed by atoms with Gasteiger partial charge in [-0.3, -0.25) is 14.5 Å². The number of fused-ring (bicyclic) bond motifs is 1. The molecule has 8 nitrogen and oxygen atoms in total. The minimum atomic E-state index is -0.683. The Labute approximate surface area is 252 Å². The fourth-order valence-electron chi connectivity index (χ4n) is 4.56. The van der Waals surface area contributed by atoms with Crippen molar-refractivity contribution in [1.29, 1.82) is 0 Å². The highest BCUT2D eigenvalue weighted by molar-refractivity contribution is 8.12. The van der Waals surface area contributed by atoms with E-state index in [0.717, 1.165) is 31.2 Å². The number of pyridine rings is 1. The first kappa shape index (κ1) is 33.0. The minimum absolute atomic E-state index is 0.0377. The maximum atomic E-state index is 14.8. The number of ether oxygens (including phenoxy) is 3. The van der Waals surface area contributed by atoms with Crippen molar-refractivity contribution in [2.45, 2.75) is 84.0 Å². The van der Waals surface area contributed by atoms with Gasteiger partial charge in [-0.15, -0.1) is 0 Å². The summed E-state index contributed by atoms with van der Waals surface area (Å²) in [6.45, 7) is 2.23. The van der Waals surface area contributed by atoms with Gasteiger partial charge in [0.25, 0.3) is 0 Å². The van der Waals surface area contributed by atoms with Crippen LogP contribution in [0.25, 0.3) is 10.9 Å². The molecule has 1 heterocycles. The van der Waals surface area contributed by atoms with Gasteiger partial charge in [0, 0.05) is 42.1 Å². The lowest BCUT2D eigenvalue weighted by atomic mass is 10.1. The Bertz CT molecular complexity index is 1310. The number of amides is 2. The number of carbonyl (C=O) groups excluding carboxylic acids is 2. The number of aromatic nitrogens is 1. The molecule has 0 bridgehead atoms. The Hall–Kier alpha value is -3.53. The van der Waals surface area contributed by atoms with Crippen LogP contribution in [0, 0.1) is 5.82 Å². The first-order valence-electron chi connectivity index (χ1n) is 14.7. The van der Waals surface area contributed by atoms with Crippen LogP contribution >= 0.6 is 11.9 Å². The number of urea groups is 1. The molecule has 3 aromatic rings. The number of nitrogens with one attached hydrogen (secondary N) is 2. The van der Waals surface area contributed by atoms with Crippen LogP contribution in [-0.4, -0.2) is 30.3 Å². The summed E-state index contributed by atoms with van der Waals surface area (Å²) in [5.41, 5.74) is 0.584. The predicted octanol–water partition coefficient (Wildman–Crippen LogP) is 9.18. The third-order valence-electron chi connectivity index (χ3n) is 6.87. The zero-order chi connectivity index (χ0) is 30.2. The topological polar surface area (TPSA) is 98.8 Å². The quantitative estimate of drug-likeness (QED) is 0.118. The summed E-state index contributed by atoms with van der Waals surface area (Å²) < 4.78 is 33.8. The summed E-state index contributed by atoms with van der Waals surface area (Å²) in [6.07, 6.45) is 15.3. The molecule has 0 atom stereocenters. The summed E-state index contributed by atoms with van der Waals surface area (Å²) in [4.78, 5) is 28.7. The molecule has 0 fully saturated rings. The van der Waals surface area contributed by atoms with Crippen LogP contribution in [0.15, 0.2) is 42.6 Å². The molecule has 0 radical (unpaired) electrons. The SMILES string of the molecule is CCCCCCCCCCCCCC(=O)SNC(=O)Nc1ccc(Oc2ccnc3cc(OC)c(OC)cc23)cc1F. The monoisotopic (exact) mass is 599 g/mol. The fraction of sp³-hybridized carbons (Fsp3) is 0.469. The van der Waals surface area contributed by atoms with Crippen LogP contribution in [0.1, 0.15) is 84.0 Å². The van der Waals surface area contributed by atoms with Gasteiger partial charge >= 0.3 is 6.03 Å². The highest BCUT2D eigenvalue weighted by Crippen LogP contribution is 2.37. The van der Waals surface area contributed by atoms with E-state index in [1.807, 2.05) is 0 Å². The maximum absolute atomic E-state index is 14.8. The van der Waals surface area contributed by atoms with Crippen molar-refractivity contribution in [3.8, 4) is 23.0 Å². The molecule has 2 aromatic carbocycles. The average Bonchev–Trinajstić information content (AvgIpc) is 2.99. The molecule has 0 aliphatic rings. The Balaban J connectivity index is 1.39. The molecule has 42 heavy (non-hydrogen) atoms. The molecule has 1 aromatic heterocycles. The van der Waals surface area contributed by atoms with Crippen LogP contribution in [0.3, 0.4) is 0 Å². The van der Waals surface area contributed by atoms with Gasteiger partial charge in [0.05, 0.1) is 25.4 Å². The van der Waals surface area contributed by atoms with Crippen molar-refractivity contribution in [3.63, 3.8) is 0 Å². The molecule has 0 saturated heterocycles. The van der Waals surface area contributed by atoms with Crippen molar-refractivity contribution in [2.24, 2.45) is 0 Å². The van der Waals surface area contributed by atoms with E-state index in [4.69, 9.17) is 14.2 Å². The molecule has 0 spiro atoms. The Kier molecular flexibility index (Phi) is 14.2. The number of unbranched alkanes of at least 4 members (excludes halogenated alkanes) is 10. The number of hydrogen-bond acceptors (Lipinski definition) is 7. The summed E-state index contributed by atoms with van der Waals surface area (Å²) >= 11 is 0.729. The number of halogens is 1. The lowest BCUT2D eigenvalue weighted by Crippen LogP contribution is -2.24. The molecule has 0 aliphatic heterocycles. The second-order valence-corrected chi connectivity index (χ2v) is 11.0. The smallest absolute Gasteiger partial charge is 0.329 e. The molecule has 0 unspecified atom stereocenters. The molecular weight excluding hydrogens is 557 g/mol. The molecule has 2 N–H and O–H groups in total. The number of carbonyl (C=O) groups is 2. The van der Waals surface area contributed by atoms with Crippen LogP contribution in [0.2, 0.25) is 0 Å². The number of hydrogen-bond donors (Lipinski definition) is 2. The highest BCUT2D eigenvalue weighted by atomic mass is 32.2. The van der Waals surface area contributed by atoms with Gasteiger partial charge in [0.2, 0.25) is 5.12 Å². The fourth-order valence-corrected chi connectivity index (χ4v) is 5.06. The average molecular weight is 600 g/mol. The normalized spacial score (nSPS) is 10.9. The van der Waals surface area contributed by atoms with E-state index in [9.17, 15) is 14.0 Å². The lowest BCUT2D eigenvalue weighted by molar-refractivity contribution is -0.111. The van der Waals surface area contributed by atoms with Gasteiger partial charge in [-0.25, -0.2) is 9.18 Å². The predicted molar refractivity (Wildman–Crippen MR) is 167 cm³/mol. The third kappa shape index (κ3) is 10.7. The summed E-state index contributed by atoms with van der Waals surface area (Å²) in [5.74, 6) is 1.04. The first-order valence-corrected chi connectivity index (χ1v) is 15.5. The highest BCUT2D eigenvalue weighted by Gasteiger charge is 2.14. The Morgan fingerprint density at radius 1 is 0.833 bits per heavy atom. The number of rotatable bonds is 17. The van der Waals surface area contributed by atoms with Crippen LogP contribution in [0.4, 0.5) is 14.9 Å². The first-order chi connectivity index (χ1) is 20.4. The van der Waals surface area contributed by atoms with Crippen molar-refractivity contribution in [3.05, 3.63) is 48.4 Å². The Morgan fingerprint density at radius 2 is 1.48 bits per heavy atom. The van der Waals surface area contributed by atoms with E-state index in [1.165, 1.54) is 76.7 Å².